The number of benzene rings is 2. The zero-order valence-corrected chi connectivity index (χ0v) is 18.5. The number of carbonyl (C=O) groups excluding carboxylic acids is 1. The van der Waals surface area contributed by atoms with Crippen molar-refractivity contribution in [2.45, 2.75) is 32.9 Å². The van der Waals surface area contributed by atoms with Gasteiger partial charge in [0.15, 0.2) is 17.7 Å². The molecule has 0 aliphatic carbocycles. The molecule has 7 nitrogen and oxygen atoms in total. The number of ether oxygens (including phenoxy) is 2. The van der Waals surface area contributed by atoms with Gasteiger partial charge >= 0.3 is 0 Å². The van der Waals surface area contributed by atoms with E-state index in [-0.39, 0.29) is 29.0 Å². The lowest BCUT2D eigenvalue weighted by atomic mass is 9.99. The Labute approximate surface area is 190 Å². The molecule has 0 bridgehead atoms. The summed E-state index contributed by atoms with van der Waals surface area (Å²) in [6.45, 7) is 2.86. The Kier molecular flexibility index (Phi) is 7.13. The number of ketones is 1. The zero-order valence-electron chi connectivity index (χ0n) is 18.5. The predicted octanol–water partition coefficient (Wildman–Crippen LogP) is 3.77. The van der Waals surface area contributed by atoms with E-state index in [2.05, 4.69) is 0 Å². The molecule has 8 heteroatoms. The molecular formula is C25H23FN2O5. The molecule has 0 saturated heterocycles. The molecule has 33 heavy (non-hydrogen) atoms. The van der Waals surface area contributed by atoms with Gasteiger partial charge in [-0.3, -0.25) is 14.2 Å². The molecule has 3 aromatic rings. The molecule has 1 aromatic heterocycles. The van der Waals surface area contributed by atoms with E-state index in [1.54, 1.807) is 25.3 Å². The number of para-hydroxylation sites is 1. The van der Waals surface area contributed by atoms with Crippen molar-refractivity contribution in [1.82, 2.24) is 4.57 Å². The van der Waals surface area contributed by atoms with Crippen LogP contribution in [0, 0.1) is 24.1 Å². The second-order valence-corrected chi connectivity index (χ2v) is 7.42. The second-order valence-electron chi connectivity index (χ2n) is 7.42. The molecular weight excluding hydrogens is 427 g/mol. The fraction of sp³-hybridized carbons (Fsp3) is 0.240. The average Bonchev–Trinajstić information content (AvgIpc) is 2.81. The standard InChI is InChI=1S/C25H23FN2O5/c1-15-19(14-27)24(30)28(13-12-17-8-10-18(32-3)11-9-17)25(31)22(15)23(29)16(2)33-21-7-5-4-6-20(21)26/h4-11,16,31H,12-13H2,1-3H3. The minimum Gasteiger partial charge on any atom is -0.497 e. The zero-order chi connectivity index (χ0) is 24.1. The number of aromatic hydroxyl groups is 1. The molecule has 1 heterocycles. The highest BCUT2D eigenvalue weighted by Crippen LogP contribution is 2.26. The lowest BCUT2D eigenvalue weighted by Gasteiger charge is -2.19. The number of halogens is 1. The summed E-state index contributed by atoms with van der Waals surface area (Å²) in [6.07, 6.45) is -0.814. The highest BCUT2D eigenvalue weighted by molar-refractivity contribution is 6.03. The highest BCUT2D eigenvalue weighted by atomic mass is 19.1. The molecule has 1 atom stereocenters. The Morgan fingerprint density at radius 1 is 1.21 bits per heavy atom. The van der Waals surface area contributed by atoms with E-state index in [1.807, 2.05) is 18.2 Å². The first-order chi connectivity index (χ1) is 15.8. The summed E-state index contributed by atoms with van der Waals surface area (Å²) in [5.74, 6) is -1.32. The van der Waals surface area contributed by atoms with Gasteiger partial charge in [0.05, 0.1) is 12.7 Å². The topological polar surface area (TPSA) is 102 Å². The largest absolute Gasteiger partial charge is 0.497 e. The van der Waals surface area contributed by atoms with Gasteiger partial charge < -0.3 is 14.6 Å². The first kappa shape index (κ1) is 23.5. The number of hydrogen-bond donors (Lipinski definition) is 1. The first-order valence-electron chi connectivity index (χ1n) is 10.2. The maximum Gasteiger partial charge on any atom is 0.271 e. The Balaban J connectivity index is 1.95. The molecule has 0 saturated carbocycles. The Bertz CT molecular complexity index is 1280. The fourth-order valence-corrected chi connectivity index (χ4v) is 3.47. The Morgan fingerprint density at radius 3 is 2.48 bits per heavy atom. The number of hydrogen-bond acceptors (Lipinski definition) is 6. The lowest BCUT2D eigenvalue weighted by molar-refractivity contribution is 0.0806. The molecule has 170 valence electrons. The summed E-state index contributed by atoms with van der Waals surface area (Å²) in [5, 5.41) is 20.4. The molecule has 1 N–H and O–H groups in total. The number of aromatic nitrogens is 1. The molecule has 0 spiro atoms. The van der Waals surface area contributed by atoms with Gasteiger partial charge in [-0.1, -0.05) is 24.3 Å². The number of methoxy groups -OCH3 is 1. The molecule has 3 rings (SSSR count). The quantitative estimate of drug-likeness (QED) is 0.524. The average molecular weight is 450 g/mol. The third-order valence-electron chi connectivity index (χ3n) is 5.34. The summed E-state index contributed by atoms with van der Waals surface area (Å²) in [6, 6.07) is 14.6. The van der Waals surface area contributed by atoms with Crippen molar-refractivity contribution in [1.29, 1.82) is 5.26 Å². The lowest BCUT2D eigenvalue weighted by Crippen LogP contribution is -2.31. The Hall–Kier alpha value is -4.12. The maximum atomic E-state index is 13.9. The van der Waals surface area contributed by atoms with Crippen LogP contribution in [-0.2, 0) is 13.0 Å². The molecule has 1 unspecified atom stereocenters. The number of aryl methyl sites for hydroxylation is 1. The van der Waals surface area contributed by atoms with Crippen molar-refractivity contribution in [3.63, 3.8) is 0 Å². The van der Waals surface area contributed by atoms with Gasteiger partial charge in [-0.05, 0) is 55.7 Å². The van der Waals surface area contributed by atoms with E-state index in [0.717, 1.165) is 10.1 Å². The van der Waals surface area contributed by atoms with Crippen LogP contribution < -0.4 is 15.0 Å². The number of pyridine rings is 1. The third-order valence-corrected chi connectivity index (χ3v) is 5.34. The number of nitrogens with zero attached hydrogens (tertiary/aromatic N) is 2. The van der Waals surface area contributed by atoms with E-state index < -0.39 is 29.1 Å². The predicted molar refractivity (Wildman–Crippen MR) is 119 cm³/mol. The molecule has 0 aliphatic heterocycles. The molecule has 0 aliphatic rings. The SMILES string of the molecule is COc1ccc(CCn2c(O)c(C(=O)C(C)Oc3ccccc3F)c(C)c(C#N)c2=O)cc1. The summed E-state index contributed by atoms with van der Waals surface area (Å²) in [4.78, 5) is 25.9. The van der Waals surface area contributed by atoms with Gasteiger partial charge in [0.25, 0.3) is 5.56 Å². The summed E-state index contributed by atoms with van der Waals surface area (Å²) < 4.78 is 25.5. The molecule has 0 radical (unpaired) electrons. The first-order valence-corrected chi connectivity index (χ1v) is 10.2. The van der Waals surface area contributed by atoms with Crippen molar-refractivity contribution in [3.05, 3.63) is 87.0 Å². The van der Waals surface area contributed by atoms with E-state index >= 15 is 0 Å². The van der Waals surface area contributed by atoms with Crippen LogP contribution in [-0.4, -0.2) is 28.7 Å². The van der Waals surface area contributed by atoms with Crippen LogP contribution in [0.5, 0.6) is 17.4 Å². The van der Waals surface area contributed by atoms with E-state index in [1.165, 1.54) is 32.0 Å². The van der Waals surface area contributed by atoms with Crippen LogP contribution in [0.1, 0.15) is 34.0 Å². The number of carbonyl (C=O) groups is 1. The molecule has 0 amide bonds. The second kappa shape index (κ2) is 10.0. The van der Waals surface area contributed by atoms with Crippen LogP contribution in [0.25, 0.3) is 0 Å². The summed E-state index contributed by atoms with van der Waals surface area (Å²) >= 11 is 0. The molecule has 2 aromatic carbocycles. The van der Waals surface area contributed by atoms with Crippen molar-refractivity contribution >= 4 is 5.78 Å². The van der Waals surface area contributed by atoms with Crippen LogP contribution in [0.2, 0.25) is 0 Å². The van der Waals surface area contributed by atoms with Gasteiger partial charge in [-0.25, -0.2) is 4.39 Å². The monoisotopic (exact) mass is 450 g/mol. The van der Waals surface area contributed by atoms with E-state index in [9.17, 15) is 24.3 Å². The van der Waals surface area contributed by atoms with Crippen molar-refractivity contribution < 1.29 is 23.8 Å². The number of Topliss-reactive ketones (excluding diaryl/α,β-unsaturated/α-hetero) is 1. The minimum absolute atomic E-state index is 0.0365. The minimum atomic E-state index is -1.18. The van der Waals surface area contributed by atoms with Crippen molar-refractivity contribution in [2.75, 3.05) is 7.11 Å². The van der Waals surface area contributed by atoms with Gasteiger partial charge in [0, 0.05) is 6.54 Å². The molecule has 0 fully saturated rings. The smallest absolute Gasteiger partial charge is 0.271 e. The van der Waals surface area contributed by atoms with E-state index in [4.69, 9.17) is 9.47 Å². The normalized spacial score (nSPS) is 11.5. The van der Waals surface area contributed by atoms with Gasteiger partial charge in [0.1, 0.15) is 17.4 Å². The van der Waals surface area contributed by atoms with E-state index in [0.29, 0.717) is 12.2 Å². The fourth-order valence-electron chi connectivity index (χ4n) is 3.47. The summed E-state index contributed by atoms with van der Waals surface area (Å²) in [5.41, 5.74) is -0.228. The van der Waals surface area contributed by atoms with Crippen LogP contribution in [0.3, 0.4) is 0 Å². The van der Waals surface area contributed by atoms with Crippen molar-refractivity contribution in [3.8, 4) is 23.4 Å². The number of nitriles is 1. The van der Waals surface area contributed by atoms with Crippen LogP contribution in [0.4, 0.5) is 4.39 Å². The third kappa shape index (κ3) is 4.88. The maximum absolute atomic E-state index is 13.9. The number of rotatable bonds is 8. The van der Waals surface area contributed by atoms with Gasteiger partial charge in [0.2, 0.25) is 11.7 Å². The van der Waals surface area contributed by atoms with Crippen LogP contribution >= 0.6 is 0 Å². The van der Waals surface area contributed by atoms with Gasteiger partial charge in [-0.2, -0.15) is 5.26 Å². The highest BCUT2D eigenvalue weighted by Gasteiger charge is 2.28. The van der Waals surface area contributed by atoms with Gasteiger partial charge in [-0.15, -0.1) is 0 Å². The Morgan fingerprint density at radius 2 is 1.88 bits per heavy atom. The van der Waals surface area contributed by atoms with Crippen molar-refractivity contribution in [2.24, 2.45) is 0 Å². The summed E-state index contributed by atoms with van der Waals surface area (Å²) in [7, 11) is 1.55. The van der Waals surface area contributed by atoms with Crippen LogP contribution in [0.15, 0.2) is 53.3 Å².